The maximum atomic E-state index is 5.42. The summed E-state index contributed by atoms with van der Waals surface area (Å²) in [7, 11) is 0. The van der Waals surface area contributed by atoms with Crippen LogP contribution in [0.15, 0.2) is 60.7 Å². The second-order valence-electron chi connectivity index (χ2n) is 4.63. The molecule has 0 amide bonds. The number of hydrogen-bond acceptors (Lipinski definition) is 1. The van der Waals surface area contributed by atoms with Crippen molar-refractivity contribution >= 4 is 12.2 Å². The maximum Gasteiger partial charge on any atom is 0.119 e. The molecule has 0 heterocycles. The summed E-state index contributed by atoms with van der Waals surface area (Å²) in [4.78, 5) is 0. The average molecular weight is 264 g/mol. The van der Waals surface area contributed by atoms with Crippen molar-refractivity contribution in [3.8, 4) is 5.75 Å². The number of allylic oxidation sites excluding steroid dienone is 2. The molecule has 2 aromatic rings. The highest BCUT2D eigenvalue weighted by Gasteiger charge is 1.90. The molecule has 0 aliphatic rings. The standard InChI is InChI=1S/C19H20O/c1-3-20-19-14-12-18(13-15-19)7-5-4-6-17-10-8-16(2)9-11-17/h4-15H,3H2,1-2H3/b6-4+,7-5+. The minimum Gasteiger partial charge on any atom is -0.494 e. The molecule has 0 saturated heterocycles. The Hall–Kier alpha value is -2.28. The van der Waals surface area contributed by atoms with Gasteiger partial charge in [0, 0.05) is 0 Å². The molecule has 0 aliphatic heterocycles. The Bertz CT molecular complexity index is 574. The predicted octanol–water partition coefficient (Wildman–Crippen LogP) is 5.12. The summed E-state index contributed by atoms with van der Waals surface area (Å²) in [6.45, 7) is 4.79. The molecule has 0 spiro atoms. The summed E-state index contributed by atoms with van der Waals surface area (Å²) in [6, 6.07) is 16.6. The third-order valence-corrected chi connectivity index (χ3v) is 2.96. The molecule has 0 saturated carbocycles. The number of benzene rings is 2. The van der Waals surface area contributed by atoms with Gasteiger partial charge in [-0.1, -0.05) is 66.3 Å². The van der Waals surface area contributed by atoms with E-state index in [1.165, 1.54) is 16.7 Å². The van der Waals surface area contributed by atoms with E-state index in [0.717, 1.165) is 5.75 Å². The van der Waals surface area contributed by atoms with Gasteiger partial charge in [-0.2, -0.15) is 0 Å². The largest absolute Gasteiger partial charge is 0.494 e. The summed E-state index contributed by atoms with van der Waals surface area (Å²) in [5, 5.41) is 0. The monoisotopic (exact) mass is 264 g/mol. The molecule has 2 aromatic carbocycles. The molecule has 1 heteroatoms. The highest BCUT2D eigenvalue weighted by atomic mass is 16.5. The van der Waals surface area contributed by atoms with Crippen molar-refractivity contribution in [3.05, 3.63) is 77.4 Å². The Kier molecular flexibility index (Phi) is 5.19. The van der Waals surface area contributed by atoms with Crippen LogP contribution in [0.5, 0.6) is 5.75 Å². The first-order valence-electron chi connectivity index (χ1n) is 6.92. The zero-order valence-electron chi connectivity index (χ0n) is 12.0. The molecule has 0 N–H and O–H groups in total. The third kappa shape index (κ3) is 4.43. The van der Waals surface area contributed by atoms with Gasteiger partial charge in [-0.25, -0.2) is 0 Å². The molecular formula is C19H20O. The van der Waals surface area contributed by atoms with E-state index in [0.29, 0.717) is 6.61 Å². The lowest BCUT2D eigenvalue weighted by Crippen LogP contribution is -1.90. The normalized spacial score (nSPS) is 11.3. The van der Waals surface area contributed by atoms with Crippen LogP contribution in [0.2, 0.25) is 0 Å². The van der Waals surface area contributed by atoms with E-state index in [4.69, 9.17) is 4.74 Å². The maximum absolute atomic E-state index is 5.42. The first kappa shape index (κ1) is 14.1. The summed E-state index contributed by atoms with van der Waals surface area (Å²) in [6.07, 6.45) is 8.29. The van der Waals surface area contributed by atoms with E-state index in [1.807, 2.05) is 19.1 Å². The van der Waals surface area contributed by atoms with E-state index in [1.54, 1.807) is 0 Å². The van der Waals surface area contributed by atoms with Crippen LogP contribution in [0.3, 0.4) is 0 Å². The van der Waals surface area contributed by atoms with Gasteiger partial charge in [-0.15, -0.1) is 0 Å². The molecule has 2 rings (SSSR count). The third-order valence-electron chi connectivity index (χ3n) is 2.96. The Morgan fingerprint density at radius 1 is 0.800 bits per heavy atom. The molecule has 0 unspecified atom stereocenters. The van der Waals surface area contributed by atoms with Gasteiger partial charge in [0.2, 0.25) is 0 Å². The van der Waals surface area contributed by atoms with Crippen LogP contribution in [0.1, 0.15) is 23.6 Å². The van der Waals surface area contributed by atoms with Crippen molar-refractivity contribution in [2.24, 2.45) is 0 Å². The number of aryl methyl sites for hydroxylation is 1. The van der Waals surface area contributed by atoms with Crippen LogP contribution < -0.4 is 4.74 Å². The fourth-order valence-corrected chi connectivity index (χ4v) is 1.85. The van der Waals surface area contributed by atoms with Crippen LogP contribution in [-0.4, -0.2) is 6.61 Å². The molecule has 20 heavy (non-hydrogen) atoms. The van der Waals surface area contributed by atoms with Crippen LogP contribution in [0.25, 0.3) is 12.2 Å². The summed E-state index contributed by atoms with van der Waals surface area (Å²) < 4.78 is 5.42. The van der Waals surface area contributed by atoms with Gasteiger partial charge in [0.25, 0.3) is 0 Å². The quantitative estimate of drug-likeness (QED) is 0.681. The Labute approximate surface area is 121 Å². The van der Waals surface area contributed by atoms with Crippen molar-refractivity contribution in [1.29, 1.82) is 0 Å². The lowest BCUT2D eigenvalue weighted by Gasteiger charge is -2.01. The first-order chi connectivity index (χ1) is 9.78. The van der Waals surface area contributed by atoms with Crippen LogP contribution in [0.4, 0.5) is 0 Å². The Morgan fingerprint density at radius 2 is 1.30 bits per heavy atom. The van der Waals surface area contributed by atoms with Gasteiger partial charge in [-0.3, -0.25) is 0 Å². The highest BCUT2D eigenvalue weighted by Crippen LogP contribution is 2.13. The van der Waals surface area contributed by atoms with Crippen molar-refractivity contribution in [2.45, 2.75) is 13.8 Å². The number of rotatable bonds is 5. The van der Waals surface area contributed by atoms with Crippen molar-refractivity contribution < 1.29 is 4.74 Å². The van der Waals surface area contributed by atoms with E-state index in [-0.39, 0.29) is 0 Å². The molecule has 0 atom stereocenters. The topological polar surface area (TPSA) is 9.23 Å². The van der Waals surface area contributed by atoms with Crippen LogP contribution in [-0.2, 0) is 0 Å². The fraction of sp³-hybridized carbons (Fsp3) is 0.158. The second kappa shape index (κ2) is 7.34. The SMILES string of the molecule is CCOc1ccc(/C=C/C=C/c2ccc(C)cc2)cc1. The zero-order valence-corrected chi connectivity index (χ0v) is 12.0. The molecule has 0 fully saturated rings. The molecule has 0 radical (unpaired) electrons. The molecule has 0 aliphatic carbocycles. The molecule has 0 aromatic heterocycles. The van der Waals surface area contributed by atoms with E-state index >= 15 is 0 Å². The highest BCUT2D eigenvalue weighted by molar-refractivity contribution is 5.57. The van der Waals surface area contributed by atoms with Crippen molar-refractivity contribution in [1.82, 2.24) is 0 Å². The van der Waals surface area contributed by atoms with Crippen molar-refractivity contribution in [3.63, 3.8) is 0 Å². The van der Waals surface area contributed by atoms with Gasteiger partial charge in [-0.05, 0) is 37.1 Å². The zero-order chi connectivity index (χ0) is 14.2. The van der Waals surface area contributed by atoms with Gasteiger partial charge in [0.1, 0.15) is 5.75 Å². The van der Waals surface area contributed by atoms with E-state index < -0.39 is 0 Å². The van der Waals surface area contributed by atoms with Gasteiger partial charge in [0.15, 0.2) is 0 Å². The molecule has 1 nitrogen and oxygen atoms in total. The van der Waals surface area contributed by atoms with Crippen LogP contribution >= 0.6 is 0 Å². The van der Waals surface area contributed by atoms with Gasteiger partial charge >= 0.3 is 0 Å². The molecular weight excluding hydrogens is 244 g/mol. The minimum atomic E-state index is 0.703. The summed E-state index contributed by atoms with van der Waals surface area (Å²) in [5.41, 5.74) is 3.67. The van der Waals surface area contributed by atoms with Gasteiger partial charge in [0.05, 0.1) is 6.61 Å². The smallest absolute Gasteiger partial charge is 0.119 e. The lowest BCUT2D eigenvalue weighted by molar-refractivity contribution is 0.340. The van der Waals surface area contributed by atoms with Crippen LogP contribution in [0, 0.1) is 6.92 Å². The Morgan fingerprint density at radius 3 is 1.80 bits per heavy atom. The lowest BCUT2D eigenvalue weighted by atomic mass is 10.1. The fourth-order valence-electron chi connectivity index (χ4n) is 1.85. The number of ether oxygens (including phenoxy) is 1. The predicted molar refractivity (Wildman–Crippen MR) is 86.9 cm³/mol. The molecule has 102 valence electrons. The van der Waals surface area contributed by atoms with E-state index in [9.17, 15) is 0 Å². The molecule has 0 bridgehead atoms. The van der Waals surface area contributed by atoms with E-state index in [2.05, 4.69) is 67.6 Å². The number of hydrogen-bond donors (Lipinski definition) is 0. The Balaban J connectivity index is 1.94. The summed E-state index contributed by atoms with van der Waals surface area (Å²) >= 11 is 0. The van der Waals surface area contributed by atoms with Gasteiger partial charge < -0.3 is 4.74 Å². The first-order valence-corrected chi connectivity index (χ1v) is 6.92. The summed E-state index contributed by atoms with van der Waals surface area (Å²) in [5.74, 6) is 0.917. The average Bonchev–Trinajstić information content (AvgIpc) is 2.47. The van der Waals surface area contributed by atoms with Crippen molar-refractivity contribution in [2.75, 3.05) is 6.61 Å². The second-order valence-corrected chi connectivity index (χ2v) is 4.63. The minimum absolute atomic E-state index is 0.703.